The lowest BCUT2D eigenvalue weighted by Crippen LogP contribution is -1.94. The van der Waals surface area contributed by atoms with Gasteiger partial charge in [-0.2, -0.15) is 0 Å². The van der Waals surface area contributed by atoms with Gasteiger partial charge in [-0.05, 0) is 31.4 Å². The molecule has 74 valence electrons. The van der Waals surface area contributed by atoms with Crippen molar-refractivity contribution in [2.45, 2.75) is 26.2 Å². The standard InChI is InChI=1S/C13H16O/c1-2-7-13(14)11-6-10-12-8-4-3-5-9-12/h2-5,7-9H,6,10-11H2,1H3. The normalized spacial score (nSPS) is 10.6. The van der Waals surface area contributed by atoms with Gasteiger partial charge in [-0.1, -0.05) is 36.4 Å². The van der Waals surface area contributed by atoms with E-state index in [2.05, 4.69) is 12.1 Å². The van der Waals surface area contributed by atoms with Gasteiger partial charge in [0.15, 0.2) is 5.78 Å². The molecule has 0 aromatic heterocycles. The van der Waals surface area contributed by atoms with Crippen LogP contribution in [-0.4, -0.2) is 5.78 Å². The zero-order valence-corrected chi connectivity index (χ0v) is 8.57. The number of carbonyl (C=O) groups excluding carboxylic acids is 1. The van der Waals surface area contributed by atoms with Crippen molar-refractivity contribution in [3.63, 3.8) is 0 Å². The lowest BCUT2D eigenvalue weighted by Gasteiger charge is -1.98. The number of carbonyl (C=O) groups is 1. The first-order valence-electron chi connectivity index (χ1n) is 5.02. The molecule has 0 bridgehead atoms. The van der Waals surface area contributed by atoms with Gasteiger partial charge in [0.2, 0.25) is 0 Å². The van der Waals surface area contributed by atoms with Gasteiger partial charge in [0.05, 0.1) is 0 Å². The molecule has 0 amide bonds. The molecule has 0 saturated carbocycles. The number of benzene rings is 1. The van der Waals surface area contributed by atoms with Gasteiger partial charge in [-0.3, -0.25) is 4.79 Å². The molecule has 0 spiro atoms. The molecule has 0 aliphatic heterocycles. The van der Waals surface area contributed by atoms with Crippen LogP contribution in [0.5, 0.6) is 0 Å². The Balaban J connectivity index is 2.25. The third-order valence-corrected chi connectivity index (χ3v) is 2.08. The molecule has 0 heterocycles. The van der Waals surface area contributed by atoms with Crippen molar-refractivity contribution >= 4 is 5.78 Å². The van der Waals surface area contributed by atoms with Crippen molar-refractivity contribution in [1.29, 1.82) is 0 Å². The van der Waals surface area contributed by atoms with Crippen LogP contribution in [0.2, 0.25) is 0 Å². The zero-order valence-electron chi connectivity index (χ0n) is 8.57. The highest BCUT2D eigenvalue weighted by Crippen LogP contribution is 2.04. The predicted molar refractivity (Wildman–Crippen MR) is 59.2 cm³/mol. The van der Waals surface area contributed by atoms with Crippen LogP contribution in [0.4, 0.5) is 0 Å². The molecular weight excluding hydrogens is 172 g/mol. The molecule has 0 unspecified atom stereocenters. The van der Waals surface area contributed by atoms with E-state index < -0.39 is 0 Å². The number of hydrogen-bond donors (Lipinski definition) is 0. The average molecular weight is 188 g/mol. The highest BCUT2D eigenvalue weighted by atomic mass is 16.1. The van der Waals surface area contributed by atoms with Crippen LogP contribution < -0.4 is 0 Å². The van der Waals surface area contributed by atoms with Crippen molar-refractivity contribution in [3.8, 4) is 0 Å². The largest absolute Gasteiger partial charge is 0.295 e. The van der Waals surface area contributed by atoms with Crippen molar-refractivity contribution < 1.29 is 4.79 Å². The van der Waals surface area contributed by atoms with Gasteiger partial charge in [0.25, 0.3) is 0 Å². The molecule has 0 saturated heterocycles. The van der Waals surface area contributed by atoms with Gasteiger partial charge in [0, 0.05) is 6.42 Å². The molecule has 0 N–H and O–H groups in total. The van der Waals surface area contributed by atoms with E-state index in [0.29, 0.717) is 6.42 Å². The second-order valence-electron chi connectivity index (χ2n) is 3.31. The van der Waals surface area contributed by atoms with Crippen LogP contribution in [-0.2, 0) is 11.2 Å². The summed E-state index contributed by atoms with van der Waals surface area (Å²) in [5.74, 6) is 0.225. The molecule has 1 heteroatoms. The Morgan fingerprint density at radius 2 is 2.00 bits per heavy atom. The maximum atomic E-state index is 11.1. The Morgan fingerprint density at radius 3 is 2.64 bits per heavy atom. The van der Waals surface area contributed by atoms with E-state index in [1.807, 2.05) is 25.1 Å². The van der Waals surface area contributed by atoms with Crippen molar-refractivity contribution in [3.05, 3.63) is 48.0 Å². The summed E-state index contributed by atoms with van der Waals surface area (Å²) in [5, 5.41) is 0. The van der Waals surface area contributed by atoms with E-state index in [1.165, 1.54) is 5.56 Å². The topological polar surface area (TPSA) is 17.1 Å². The molecule has 1 aromatic carbocycles. The maximum absolute atomic E-state index is 11.1. The van der Waals surface area contributed by atoms with Crippen LogP contribution >= 0.6 is 0 Å². The third kappa shape index (κ3) is 4.04. The zero-order chi connectivity index (χ0) is 10.2. The van der Waals surface area contributed by atoms with Crippen LogP contribution in [0, 0.1) is 0 Å². The smallest absolute Gasteiger partial charge is 0.155 e. The van der Waals surface area contributed by atoms with Crippen molar-refractivity contribution in [1.82, 2.24) is 0 Å². The molecule has 1 nitrogen and oxygen atoms in total. The van der Waals surface area contributed by atoms with Gasteiger partial charge in [-0.25, -0.2) is 0 Å². The summed E-state index contributed by atoms with van der Waals surface area (Å²) in [6.07, 6.45) is 6.02. The maximum Gasteiger partial charge on any atom is 0.155 e. The Labute approximate surface area is 85.5 Å². The summed E-state index contributed by atoms with van der Waals surface area (Å²) >= 11 is 0. The summed E-state index contributed by atoms with van der Waals surface area (Å²) in [6, 6.07) is 10.3. The fourth-order valence-electron chi connectivity index (χ4n) is 1.38. The number of aryl methyl sites for hydroxylation is 1. The number of rotatable bonds is 5. The predicted octanol–water partition coefficient (Wildman–Crippen LogP) is 3.15. The van der Waals surface area contributed by atoms with Gasteiger partial charge in [-0.15, -0.1) is 0 Å². The van der Waals surface area contributed by atoms with Crippen LogP contribution in [0.1, 0.15) is 25.3 Å². The Bertz CT molecular complexity index is 298. The summed E-state index contributed by atoms with van der Waals surface area (Å²) in [6.45, 7) is 1.87. The fraction of sp³-hybridized carbons (Fsp3) is 0.308. The van der Waals surface area contributed by atoms with E-state index in [1.54, 1.807) is 12.2 Å². The highest BCUT2D eigenvalue weighted by molar-refractivity contribution is 5.89. The SMILES string of the molecule is CC=CC(=O)CCCc1ccccc1. The Kier molecular flexibility index (Phi) is 4.70. The summed E-state index contributed by atoms with van der Waals surface area (Å²) in [4.78, 5) is 11.1. The van der Waals surface area contributed by atoms with E-state index in [-0.39, 0.29) is 5.78 Å². The van der Waals surface area contributed by atoms with E-state index >= 15 is 0 Å². The molecule has 0 aliphatic rings. The quantitative estimate of drug-likeness (QED) is 0.649. The lowest BCUT2D eigenvalue weighted by molar-refractivity contribution is -0.114. The third-order valence-electron chi connectivity index (χ3n) is 2.08. The second-order valence-corrected chi connectivity index (χ2v) is 3.31. The van der Waals surface area contributed by atoms with Gasteiger partial charge >= 0.3 is 0 Å². The summed E-state index contributed by atoms with van der Waals surface area (Å²) in [5.41, 5.74) is 1.31. The van der Waals surface area contributed by atoms with Crippen LogP contribution in [0.3, 0.4) is 0 Å². The van der Waals surface area contributed by atoms with Crippen molar-refractivity contribution in [2.24, 2.45) is 0 Å². The number of ketones is 1. The minimum Gasteiger partial charge on any atom is -0.295 e. The lowest BCUT2D eigenvalue weighted by atomic mass is 10.1. The second kappa shape index (κ2) is 6.14. The highest BCUT2D eigenvalue weighted by Gasteiger charge is 1.96. The van der Waals surface area contributed by atoms with Crippen LogP contribution in [0.15, 0.2) is 42.5 Å². The van der Waals surface area contributed by atoms with E-state index in [9.17, 15) is 4.79 Å². The molecule has 0 fully saturated rings. The Hall–Kier alpha value is -1.37. The molecule has 1 rings (SSSR count). The van der Waals surface area contributed by atoms with Gasteiger partial charge in [0.1, 0.15) is 0 Å². The molecule has 0 aliphatic carbocycles. The average Bonchev–Trinajstić information content (AvgIpc) is 2.20. The first kappa shape index (κ1) is 10.7. The molecular formula is C13H16O. The molecule has 0 atom stereocenters. The minimum absolute atomic E-state index is 0.225. The minimum atomic E-state index is 0.225. The van der Waals surface area contributed by atoms with Crippen LogP contribution in [0.25, 0.3) is 0 Å². The number of allylic oxidation sites excluding steroid dienone is 2. The molecule has 14 heavy (non-hydrogen) atoms. The number of hydrogen-bond acceptors (Lipinski definition) is 1. The van der Waals surface area contributed by atoms with Gasteiger partial charge < -0.3 is 0 Å². The summed E-state index contributed by atoms with van der Waals surface area (Å²) in [7, 11) is 0. The Morgan fingerprint density at radius 1 is 1.29 bits per heavy atom. The molecule has 1 aromatic rings. The monoisotopic (exact) mass is 188 g/mol. The molecule has 0 radical (unpaired) electrons. The first-order chi connectivity index (χ1) is 6.83. The summed E-state index contributed by atoms with van der Waals surface area (Å²) < 4.78 is 0. The first-order valence-corrected chi connectivity index (χ1v) is 5.02. The van der Waals surface area contributed by atoms with E-state index in [4.69, 9.17) is 0 Å². The van der Waals surface area contributed by atoms with E-state index in [0.717, 1.165) is 12.8 Å². The fourth-order valence-corrected chi connectivity index (χ4v) is 1.38. The van der Waals surface area contributed by atoms with Crippen molar-refractivity contribution in [2.75, 3.05) is 0 Å².